The molecule has 102 valence electrons. The lowest BCUT2D eigenvalue weighted by atomic mass is 9.47. The Balaban J connectivity index is 1.62. The molecular weight excluding hydrogens is 216 g/mol. The maximum Gasteiger partial charge on any atom is -0.0266 e. The van der Waals surface area contributed by atoms with Crippen LogP contribution in [0.1, 0.15) is 77.6 Å². The van der Waals surface area contributed by atoms with E-state index in [9.17, 15) is 0 Å². The zero-order valence-corrected chi connectivity index (χ0v) is 12.2. The average Bonchev–Trinajstić information content (AvgIpc) is 2.86. The third-order valence-corrected chi connectivity index (χ3v) is 7.78. The molecule has 0 aromatic heterocycles. The van der Waals surface area contributed by atoms with Crippen LogP contribution in [0.2, 0.25) is 0 Å². The normalized spacial score (nSPS) is 55.5. The predicted molar refractivity (Wildman–Crippen MR) is 76.3 cm³/mol. The minimum Gasteiger partial charge on any atom is -0.0591 e. The van der Waals surface area contributed by atoms with Gasteiger partial charge in [-0.3, -0.25) is 0 Å². The van der Waals surface area contributed by atoms with E-state index in [2.05, 4.69) is 6.92 Å². The highest BCUT2D eigenvalue weighted by Gasteiger charge is 2.53. The van der Waals surface area contributed by atoms with Crippen molar-refractivity contribution in [3.8, 4) is 0 Å². The minimum absolute atomic E-state index is 0.759. The molecule has 0 radical (unpaired) electrons. The van der Waals surface area contributed by atoms with E-state index in [0.29, 0.717) is 0 Å². The number of hydrogen-bond acceptors (Lipinski definition) is 0. The molecule has 0 aromatic carbocycles. The summed E-state index contributed by atoms with van der Waals surface area (Å²) in [5, 5.41) is 0. The van der Waals surface area contributed by atoms with Gasteiger partial charge in [-0.05, 0) is 80.0 Å². The van der Waals surface area contributed by atoms with Crippen LogP contribution in [0.15, 0.2) is 0 Å². The van der Waals surface area contributed by atoms with Gasteiger partial charge in [-0.15, -0.1) is 0 Å². The van der Waals surface area contributed by atoms with Gasteiger partial charge in [-0.1, -0.05) is 32.6 Å². The molecule has 0 heterocycles. The summed E-state index contributed by atoms with van der Waals surface area (Å²) in [5.41, 5.74) is 0.759. The monoisotopic (exact) mass is 246 g/mol. The summed E-state index contributed by atoms with van der Waals surface area (Å²) < 4.78 is 0. The number of hydrogen-bond donors (Lipinski definition) is 0. The molecule has 0 heteroatoms. The molecule has 4 saturated carbocycles. The molecule has 18 heavy (non-hydrogen) atoms. The number of rotatable bonds is 0. The molecule has 6 atom stereocenters. The first kappa shape index (κ1) is 11.8. The van der Waals surface area contributed by atoms with Crippen LogP contribution in [0.4, 0.5) is 0 Å². The summed E-state index contributed by atoms with van der Waals surface area (Å²) in [5.74, 6) is 5.67. The Labute approximate surface area is 113 Å². The van der Waals surface area contributed by atoms with E-state index in [4.69, 9.17) is 0 Å². The van der Waals surface area contributed by atoms with Gasteiger partial charge in [0.1, 0.15) is 0 Å². The Morgan fingerprint density at radius 3 is 2.61 bits per heavy atom. The average molecular weight is 246 g/mol. The quantitative estimate of drug-likeness (QED) is 0.535. The van der Waals surface area contributed by atoms with Crippen molar-refractivity contribution < 1.29 is 0 Å². The van der Waals surface area contributed by atoms with Gasteiger partial charge in [0.25, 0.3) is 0 Å². The molecule has 4 aliphatic carbocycles. The van der Waals surface area contributed by atoms with Gasteiger partial charge in [0.15, 0.2) is 0 Å². The Bertz CT molecular complexity index is 320. The van der Waals surface area contributed by atoms with Crippen molar-refractivity contribution in [2.45, 2.75) is 77.6 Å². The van der Waals surface area contributed by atoms with Crippen molar-refractivity contribution in [2.75, 3.05) is 0 Å². The summed E-state index contributed by atoms with van der Waals surface area (Å²) >= 11 is 0. The highest BCUT2D eigenvalue weighted by Crippen LogP contribution is 2.62. The van der Waals surface area contributed by atoms with E-state index in [1.165, 1.54) is 12.8 Å². The van der Waals surface area contributed by atoms with Crippen molar-refractivity contribution in [2.24, 2.45) is 35.0 Å². The predicted octanol–water partition coefficient (Wildman–Crippen LogP) is 5.42. The third-order valence-electron chi connectivity index (χ3n) is 7.78. The van der Waals surface area contributed by atoms with Gasteiger partial charge < -0.3 is 0 Å². The lowest BCUT2D eigenvalue weighted by Gasteiger charge is -2.58. The lowest BCUT2D eigenvalue weighted by molar-refractivity contribution is -0.0834. The van der Waals surface area contributed by atoms with E-state index < -0.39 is 0 Å². The largest absolute Gasteiger partial charge is 0.0591 e. The molecule has 4 rings (SSSR count). The zero-order chi connectivity index (χ0) is 12.2. The standard InChI is InChI=1S/C18H30/c1-18-12-3-2-6-14(18)9-10-16-15-7-4-5-13(15)8-11-17(16)18/h13-17H,2-12H2,1H3. The van der Waals surface area contributed by atoms with Crippen molar-refractivity contribution in [3.63, 3.8) is 0 Å². The number of fused-ring (bicyclic) bond motifs is 5. The fourth-order valence-electron chi connectivity index (χ4n) is 6.91. The van der Waals surface area contributed by atoms with E-state index >= 15 is 0 Å². The highest BCUT2D eigenvalue weighted by atomic mass is 14.6. The van der Waals surface area contributed by atoms with Gasteiger partial charge in [0.2, 0.25) is 0 Å². The van der Waals surface area contributed by atoms with E-state index in [1.807, 2.05) is 0 Å². The van der Waals surface area contributed by atoms with Crippen LogP contribution in [-0.2, 0) is 0 Å². The van der Waals surface area contributed by atoms with E-state index in [-0.39, 0.29) is 0 Å². The van der Waals surface area contributed by atoms with Gasteiger partial charge >= 0.3 is 0 Å². The Kier molecular flexibility index (Phi) is 2.79. The summed E-state index contributed by atoms with van der Waals surface area (Å²) in [7, 11) is 0. The first-order valence-corrected chi connectivity index (χ1v) is 8.79. The second kappa shape index (κ2) is 4.25. The van der Waals surface area contributed by atoms with Crippen LogP contribution in [-0.4, -0.2) is 0 Å². The fourth-order valence-corrected chi connectivity index (χ4v) is 6.91. The van der Waals surface area contributed by atoms with E-state index in [0.717, 1.165) is 35.0 Å². The smallest absolute Gasteiger partial charge is 0.0266 e. The molecular formula is C18H30. The van der Waals surface area contributed by atoms with E-state index in [1.54, 1.807) is 57.8 Å². The molecule has 6 unspecified atom stereocenters. The van der Waals surface area contributed by atoms with Gasteiger partial charge in [0, 0.05) is 0 Å². The molecule has 0 amide bonds. The molecule has 0 saturated heterocycles. The Hall–Kier alpha value is 0. The molecule has 0 bridgehead atoms. The van der Waals surface area contributed by atoms with Crippen LogP contribution in [0, 0.1) is 35.0 Å². The molecule has 0 aliphatic heterocycles. The van der Waals surface area contributed by atoms with Crippen LogP contribution < -0.4 is 0 Å². The summed E-state index contributed by atoms with van der Waals surface area (Å²) in [4.78, 5) is 0. The molecule has 4 aliphatic rings. The second-order valence-corrected chi connectivity index (χ2v) is 8.23. The Morgan fingerprint density at radius 1 is 0.722 bits per heavy atom. The minimum atomic E-state index is 0.759. The summed E-state index contributed by atoms with van der Waals surface area (Å²) in [6.07, 6.45) is 17.3. The SMILES string of the molecule is CC12CCCCC1CCC1C3CCCC3CCC12. The third kappa shape index (κ3) is 1.56. The van der Waals surface area contributed by atoms with Gasteiger partial charge in [0.05, 0.1) is 0 Å². The van der Waals surface area contributed by atoms with Crippen LogP contribution in [0.5, 0.6) is 0 Å². The van der Waals surface area contributed by atoms with Crippen LogP contribution >= 0.6 is 0 Å². The van der Waals surface area contributed by atoms with Crippen molar-refractivity contribution in [1.82, 2.24) is 0 Å². The zero-order valence-electron chi connectivity index (χ0n) is 12.2. The first-order chi connectivity index (χ1) is 8.79. The summed E-state index contributed by atoms with van der Waals surface area (Å²) in [6, 6.07) is 0. The maximum absolute atomic E-state index is 2.70. The Morgan fingerprint density at radius 2 is 1.67 bits per heavy atom. The van der Waals surface area contributed by atoms with Crippen LogP contribution in [0.3, 0.4) is 0 Å². The van der Waals surface area contributed by atoms with Gasteiger partial charge in [-0.2, -0.15) is 0 Å². The first-order valence-electron chi connectivity index (χ1n) is 8.79. The van der Waals surface area contributed by atoms with Crippen molar-refractivity contribution in [1.29, 1.82) is 0 Å². The lowest BCUT2D eigenvalue weighted by Crippen LogP contribution is -2.49. The molecule has 4 fully saturated rings. The van der Waals surface area contributed by atoms with Crippen LogP contribution in [0.25, 0.3) is 0 Å². The molecule has 0 aromatic rings. The molecule has 0 N–H and O–H groups in total. The highest BCUT2D eigenvalue weighted by molar-refractivity contribution is 5.03. The second-order valence-electron chi connectivity index (χ2n) is 8.23. The fraction of sp³-hybridized carbons (Fsp3) is 1.00. The summed E-state index contributed by atoms with van der Waals surface area (Å²) in [6.45, 7) is 2.70. The topological polar surface area (TPSA) is 0 Å². The van der Waals surface area contributed by atoms with Crippen molar-refractivity contribution >= 4 is 0 Å². The van der Waals surface area contributed by atoms with Crippen molar-refractivity contribution in [3.05, 3.63) is 0 Å². The molecule has 0 nitrogen and oxygen atoms in total. The molecule has 0 spiro atoms. The van der Waals surface area contributed by atoms with Gasteiger partial charge in [-0.25, -0.2) is 0 Å². The maximum atomic E-state index is 2.70.